The van der Waals surface area contributed by atoms with Crippen LogP contribution in [0.4, 0.5) is 5.82 Å². The van der Waals surface area contributed by atoms with Crippen LogP contribution in [-0.4, -0.2) is 16.9 Å². The van der Waals surface area contributed by atoms with E-state index in [0.29, 0.717) is 0 Å². The van der Waals surface area contributed by atoms with Crippen LogP contribution in [0.2, 0.25) is 0 Å². The molecule has 1 N–H and O–H groups in total. The van der Waals surface area contributed by atoms with E-state index in [1.54, 1.807) is 11.3 Å². The van der Waals surface area contributed by atoms with Crippen molar-refractivity contribution in [2.24, 2.45) is 0 Å². The molecule has 0 fully saturated rings. The number of aromatic nitrogens is 1. The number of pyridine rings is 1. The summed E-state index contributed by atoms with van der Waals surface area (Å²) in [6.45, 7) is 2.85. The van der Waals surface area contributed by atoms with E-state index in [2.05, 4.69) is 28.7 Å². The molecule has 15 heavy (non-hydrogen) atoms. The molecule has 0 aliphatic carbocycles. The molecule has 0 saturated carbocycles. The van der Waals surface area contributed by atoms with Crippen molar-refractivity contribution >= 4 is 38.8 Å². The summed E-state index contributed by atoms with van der Waals surface area (Å²) in [4.78, 5) is 4.32. The Balaban J connectivity index is 2.17. The lowest BCUT2D eigenvalue weighted by molar-refractivity contribution is 0.842. The number of thiophene rings is 1. The van der Waals surface area contributed by atoms with E-state index in [0.717, 1.165) is 18.8 Å². The SMILES string of the molecule is CCC(Cl)CNc1nccc2sccc12. The molecule has 2 heterocycles. The number of halogens is 1. The number of alkyl halides is 1. The Bertz CT molecular complexity index is 441. The normalized spacial score (nSPS) is 12.9. The number of hydrogen-bond donors (Lipinski definition) is 1. The van der Waals surface area contributed by atoms with Crippen LogP contribution >= 0.6 is 22.9 Å². The van der Waals surface area contributed by atoms with Crippen LogP contribution in [-0.2, 0) is 0 Å². The number of rotatable bonds is 4. The second kappa shape index (κ2) is 4.81. The van der Waals surface area contributed by atoms with Crippen molar-refractivity contribution in [1.82, 2.24) is 4.98 Å². The molecule has 0 bridgehead atoms. The first-order valence-corrected chi connectivity index (χ1v) is 6.33. The van der Waals surface area contributed by atoms with Gasteiger partial charge in [0.05, 0.1) is 5.38 Å². The Morgan fingerprint density at radius 1 is 1.53 bits per heavy atom. The monoisotopic (exact) mass is 240 g/mol. The van der Waals surface area contributed by atoms with E-state index in [1.165, 1.54) is 10.1 Å². The largest absolute Gasteiger partial charge is 0.368 e. The van der Waals surface area contributed by atoms with Crippen LogP contribution in [0.25, 0.3) is 10.1 Å². The van der Waals surface area contributed by atoms with E-state index < -0.39 is 0 Å². The maximum Gasteiger partial charge on any atom is 0.134 e. The van der Waals surface area contributed by atoms with Gasteiger partial charge in [-0.25, -0.2) is 4.98 Å². The molecule has 2 rings (SSSR count). The first-order valence-electron chi connectivity index (χ1n) is 5.01. The quantitative estimate of drug-likeness (QED) is 0.824. The standard InChI is InChI=1S/C11H13ClN2S/c1-2-8(12)7-14-11-9-4-6-15-10(9)3-5-13-11/h3-6,8H,2,7H2,1H3,(H,13,14). The fourth-order valence-corrected chi connectivity index (χ4v) is 2.25. The van der Waals surface area contributed by atoms with Gasteiger partial charge >= 0.3 is 0 Å². The number of nitrogens with one attached hydrogen (secondary N) is 1. The Labute approximate surface area is 98.3 Å². The molecule has 2 aromatic rings. The van der Waals surface area contributed by atoms with Crippen molar-refractivity contribution in [3.05, 3.63) is 23.7 Å². The predicted octanol–water partition coefficient (Wildman–Crippen LogP) is 3.73. The van der Waals surface area contributed by atoms with E-state index in [1.807, 2.05) is 12.3 Å². The number of fused-ring (bicyclic) bond motifs is 1. The number of hydrogen-bond acceptors (Lipinski definition) is 3. The lowest BCUT2D eigenvalue weighted by Gasteiger charge is -2.09. The fraction of sp³-hybridized carbons (Fsp3) is 0.364. The summed E-state index contributed by atoms with van der Waals surface area (Å²) in [5.41, 5.74) is 0. The minimum absolute atomic E-state index is 0.167. The van der Waals surface area contributed by atoms with Gasteiger partial charge in [0.25, 0.3) is 0 Å². The highest BCUT2D eigenvalue weighted by molar-refractivity contribution is 7.17. The molecule has 1 unspecified atom stereocenters. The lowest BCUT2D eigenvalue weighted by atomic mass is 10.3. The zero-order valence-corrected chi connectivity index (χ0v) is 10.1. The fourth-order valence-electron chi connectivity index (χ4n) is 1.39. The molecule has 80 valence electrons. The summed E-state index contributed by atoms with van der Waals surface area (Å²) in [6.07, 6.45) is 2.80. The zero-order valence-electron chi connectivity index (χ0n) is 8.53. The topological polar surface area (TPSA) is 24.9 Å². The Morgan fingerprint density at radius 3 is 3.20 bits per heavy atom. The van der Waals surface area contributed by atoms with Crippen LogP contribution in [0.3, 0.4) is 0 Å². The number of nitrogens with zero attached hydrogens (tertiary/aromatic N) is 1. The van der Waals surface area contributed by atoms with Crippen LogP contribution in [0.1, 0.15) is 13.3 Å². The molecule has 0 aliphatic heterocycles. The van der Waals surface area contributed by atoms with Crippen LogP contribution in [0.15, 0.2) is 23.7 Å². The summed E-state index contributed by atoms with van der Waals surface area (Å²) in [5.74, 6) is 0.938. The first-order chi connectivity index (χ1) is 7.31. The molecule has 0 aliphatic rings. The number of anilines is 1. The highest BCUT2D eigenvalue weighted by Crippen LogP contribution is 2.25. The molecule has 0 radical (unpaired) electrons. The van der Waals surface area contributed by atoms with Gasteiger partial charge in [-0.15, -0.1) is 22.9 Å². The molecule has 2 aromatic heterocycles. The Hall–Kier alpha value is -0.800. The smallest absolute Gasteiger partial charge is 0.134 e. The second-order valence-corrected chi connectivity index (χ2v) is 4.94. The van der Waals surface area contributed by atoms with Gasteiger partial charge in [0.2, 0.25) is 0 Å². The molecule has 1 atom stereocenters. The average molecular weight is 241 g/mol. The first kappa shape index (κ1) is 10.7. The van der Waals surface area contributed by atoms with Crippen LogP contribution < -0.4 is 5.32 Å². The molecule has 0 spiro atoms. The second-order valence-electron chi connectivity index (χ2n) is 3.38. The molecular formula is C11H13ClN2S. The van der Waals surface area contributed by atoms with E-state index in [4.69, 9.17) is 11.6 Å². The molecular weight excluding hydrogens is 228 g/mol. The minimum Gasteiger partial charge on any atom is -0.368 e. The molecule has 0 aromatic carbocycles. The van der Waals surface area contributed by atoms with Crippen molar-refractivity contribution in [3.63, 3.8) is 0 Å². The van der Waals surface area contributed by atoms with Gasteiger partial charge in [0.1, 0.15) is 5.82 Å². The summed E-state index contributed by atoms with van der Waals surface area (Å²) < 4.78 is 1.26. The van der Waals surface area contributed by atoms with Gasteiger partial charge < -0.3 is 5.32 Å². The maximum absolute atomic E-state index is 6.05. The third-order valence-electron chi connectivity index (χ3n) is 2.31. The van der Waals surface area contributed by atoms with E-state index in [-0.39, 0.29) is 5.38 Å². The van der Waals surface area contributed by atoms with Crippen molar-refractivity contribution in [1.29, 1.82) is 0 Å². The van der Waals surface area contributed by atoms with Crippen molar-refractivity contribution in [2.75, 3.05) is 11.9 Å². The van der Waals surface area contributed by atoms with Crippen molar-refractivity contribution in [2.45, 2.75) is 18.7 Å². The molecule has 0 amide bonds. The summed E-state index contributed by atoms with van der Waals surface area (Å²) in [5, 5.41) is 6.72. The van der Waals surface area contributed by atoms with Gasteiger partial charge in [-0.1, -0.05) is 6.92 Å². The third-order valence-corrected chi connectivity index (χ3v) is 3.66. The maximum atomic E-state index is 6.05. The molecule has 2 nitrogen and oxygen atoms in total. The van der Waals surface area contributed by atoms with Gasteiger partial charge in [-0.3, -0.25) is 0 Å². The van der Waals surface area contributed by atoms with Gasteiger partial charge in [-0.2, -0.15) is 0 Å². The van der Waals surface area contributed by atoms with E-state index in [9.17, 15) is 0 Å². The predicted molar refractivity (Wildman–Crippen MR) is 68.0 cm³/mol. The average Bonchev–Trinajstić information content (AvgIpc) is 2.74. The summed E-state index contributed by atoms with van der Waals surface area (Å²) >= 11 is 7.78. The highest BCUT2D eigenvalue weighted by Gasteiger charge is 2.05. The van der Waals surface area contributed by atoms with E-state index >= 15 is 0 Å². The Morgan fingerprint density at radius 2 is 2.40 bits per heavy atom. The lowest BCUT2D eigenvalue weighted by Crippen LogP contribution is -2.13. The zero-order chi connectivity index (χ0) is 10.7. The molecule has 4 heteroatoms. The summed E-state index contributed by atoms with van der Waals surface area (Å²) in [7, 11) is 0. The van der Waals surface area contributed by atoms with Gasteiger partial charge in [0.15, 0.2) is 0 Å². The van der Waals surface area contributed by atoms with Gasteiger partial charge in [0, 0.05) is 22.8 Å². The van der Waals surface area contributed by atoms with Crippen molar-refractivity contribution in [3.8, 4) is 0 Å². The van der Waals surface area contributed by atoms with Crippen LogP contribution in [0, 0.1) is 0 Å². The van der Waals surface area contributed by atoms with Crippen molar-refractivity contribution < 1.29 is 0 Å². The Kier molecular flexibility index (Phi) is 3.44. The van der Waals surface area contributed by atoms with Crippen LogP contribution in [0.5, 0.6) is 0 Å². The molecule has 0 saturated heterocycles. The highest BCUT2D eigenvalue weighted by atomic mass is 35.5. The van der Waals surface area contributed by atoms with Gasteiger partial charge in [-0.05, 0) is 23.9 Å². The summed E-state index contributed by atoms with van der Waals surface area (Å²) in [6, 6.07) is 4.12. The third kappa shape index (κ3) is 2.41. The minimum atomic E-state index is 0.167.